The average molecular weight is 331 g/mol. The second-order valence-corrected chi connectivity index (χ2v) is 5.64. The Balaban J connectivity index is 2.02. The maximum absolute atomic E-state index is 12.5. The molecule has 0 saturated carbocycles. The Hall–Kier alpha value is -1.99. The normalized spacial score (nSPS) is 18.8. The molecule has 23 heavy (non-hydrogen) atoms. The molecule has 5 nitrogen and oxygen atoms in total. The summed E-state index contributed by atoms with van der Waals surface area (Å²) in [5.74, 6) is -1.34. The molecule has 0 spiro atoms. The number of rotatable bonds is 4. The number of halogens is 3. The molecule has 1 N–H and O–H groups in total. The number of carbonyl (C=O) groups is 2. The van der Waals surface area contributed by atoms with Crippen molar-refractivity contribution in [2.75, 3.05) is 26.2 Å². The first-order valence-electron chi connectivity index (χ1n) is 7.60. The van der Waals surface area contributed by atoms with E-state index in [1.165, 1.54) is 11.8 Å². The molecular weight excluding hydrogens is 311 g/mol. The number of hydrogen-bond acceptors (Lipinski definition) is 2. The van der Waals surface area contributed by atoms with Crippen LogP contribution in [0.4, 0.5) is 13.2 Å². The van der Waals surface area contributed by atoms with Gasteiger partial charge in [-0.15, -0.1) is 0 Å². The molecule has 0 radical (unpaired) electrons. The van der Waals surface area contributed by atoms with Gasteiger partial charge in [0.25, 0.3) is 5.91 Å². The van der Waals surface area contributed by atoms with E-state index in [0.717, 1.165) is 4.90 Å². The molecule has 1 aromatic rings. The molecule has 2 heterocycles. The molecule has 2 rings (SSSR count). The van der Waals surface area contributed by atoms with Crippen molar-refractivity contribution in [1.29, 1.82) is 0 Å². The molecule has 1 saturated heterocycles. The maximum atomic E-state index is 12.5. The minimum absolute atomic E-state index is 0.000577. The molecular formula is C15H20F3N3O2. The number of aromatic amines is 1. The number of H-pyrrole nitrogens is 1. The van der Waals surface area contributed by atoms with Gasteiger partial charge in [-0.05, 0) is 31.9 Å². The van der Waals surface area contributed by atoms with Gasteiger partial charge >= 0.3 is 6.18 Å². The summed E-state index contributed by atoms with van der Waals surface area (Å²) in [6, 6.07) is 3.33. The van der Waals surface area contributed by atoms with Crippen molar-refractivity contribution in [2.24, 2.45) is 5.92 Å². The van der Waals surface area contributed by atoms with Crippen LogP contribution in [0, 0.1) is 5.92 Å². The quantitative estimate of drug-likeness (QED) is 0.920. The minimum atomic E-state index is -4.42. The van der Waals surface area contributed by atoms with Crippen LogP contribution < -0.4 is 0 Å². The summed E-state index contributed by atoms with van der Waals surface area (Å²) in [5.41, 5.74) is 0.417. The fourth-order valence-corrected chi connectivity index (χ4v) is 2.82. The lowest BCUT2D eigenvalue weighted by molar-refractivity contribution is -0.164. The monoisotopic (exact) mass is 331 g/mol. The molecule has 0 bridgehead atoms. The molecule has 1 atom stereocenters. The third-order valence-corrected chi connectivity index (χ3v) is 3.95. The Morgan fingerprint density at radius 2 is 2.17 bits per heavy atom. The van der Waals surface area contributed by atoms with Crippen LogP contribution >= 0.6 is 0 Å². The number of nitrogens with one attached hydrogen (secondary N) is 1. The Morgan fingerprint density at radius 1 is 1.43 bits per heavy atom. The lowest BCUT2D eigenvalue weighted by atomic mass is 9.96. The third kappa shape index (κ3) is 4.49. The van der Waals surface area contributed by atoms with E-state index in [-0.39, 0.29) is 19.0 Å². The summed E-state index contributed by atoms with van der Waals surface area (Å²) in [6.45, 7) is 0.940. The molecule has 128 valence electrons. The molecule has 1 aliphatic heterocycles. The van der Waals surface area contributed by atoms with E-state index in [1.807, 2.05) is 0 Å². The van der Waals surface area contributed by atoms with E-state index in [0.29, 0.717) is 25.1 Å². The fourth-order valence-electron chi connectivity index (χ4n) is 2.82. The summed E-state index contributed by atoms with van der Waals surface area (Å²) in [5, 5.41) is 0. The third-order valence-electron chi connectivity index (χ3n) is 3.95. The van der Waals surface area contributed by atoms with E-state index in [1.54, 1.807) is 18.3 Å². The number of piperidine rings is 1. The van der Waals surface area contributed by atoms with Gasteiger partial charge in [0.2, 0.25) is 5.91 Å². The van der Waals surface area contributed by atoms with E-state index in [9.17, 15) is 22.8 Å². The van der Waals surface area contributed by atoms with Gasteiger partial charge in [-0.2, -0.15) is 13.2 Å². The van der Waals surface area contributed by atoms with E-state index in [2.05, 4.69) is 4.98 Å². The first kappa shape index (κ1) is 17.4. The molecule has 0 aromatic carbocycles. The standard InChI is InChI=1S/C15H20F3N3O2/c1-2-20(10-15(16,17)18)13(22)11-5-4-8-21(9-11)14(23)12-6-3-7-19-12/h3,6-7,11,19H,2,4-5,8-10H2,1H3/t11-/m1/s1. The highest BCUT2D eigenvalue weighted by Gasteiger charge is 2.36. The van der Waals surface area contributed by atoms with Gasteiger partial charge in [-0.25, -0.2) is 0 Å². The van der Waals surface area contributed by atoms with Crippen molar-refractivity contribution < 1.29 is 22.8 Å². The highest BCUT2D eigenvalue weighted by atomic mass is 19.4. The van der Waals surface area contributed by atoms with Crippen LogP contribution in [0.15, 0.2) is 18.3 Å². The van der Waals surface area contributed by atoms with Gasteiger partial charge in [0.15, 0.2) is 0 Å². The van der Waals surface area contributed by atoms with Crippen molar-refractivity contribution in [3.05, 3.63) is 24.0 Å². The number of carbonyl (C=O) groups excluding carboxylic acids is 2. The topological polar surface area (TPSA) is 56.4 Å². The molecule has 0 unspecified atom stereocenters. The van der Waals surface area contributed by atoms with Crippen molar-refractivity contribution in [2.45, 2.75) is 25.9 Å². The second-order valence-electron chi connectivity index (χ2n) is 5.64. The van der Waals surface area contributed by atoms with Gasteiger partial charge in [-0.1, -0.05) is 0 Å². The zero-order chi connectivity index (χ0) is 17.0. The Kier molecular flexibility index (Phi) is 5.33. The minimum Gasteiger partial charge on any atom is -0.357 e. The number of nitrogens with zero attached hydrogens (tertiary/aromatic N) is 2. The number of hydrogen-bond donors (Lipinski definition) is 1. The van der Waals surface area contributed by atoms with E-state index in [4.69, 9.17) is 0 Å². The summed E-state index contributed by atoms with van der Waals surface area (Å²) < 4.78 is 37.6. The Labute approximate surface area is 132 Å². The lowest BCUT2D eigenvalue weighted by Crippen LogP contribution is -2.48. The Bertz CT molecular complexity index is 543. The highest BCUT2D eigenvalue weighted by molar-refractivity contribution is 5.93. The van der Waals surface area contributed by atoms with Gasteiger partial charge < -0.3 is 14.8 Å². The van der Waals surface area contributed by atoms with Crippen molar-refractivity contribution >= 4 is 11.8 Å². The largest absolute Gasteiger partial charge is 0.406 e. The zero-order valence-corrected chi connectivity index (χ0v) is 12.9. The first-order chi connectivity index (χ1) is 10.8. The molecule has 1 fully saturated rings. The van der Waals surface area contributed by atoms with Gasteiger partial charge in [0.05, 0.1) is 5.92 Å². The molecule has 1 aliphatic rings. The van der Waals surface area contributed by atoms with Crippen molar-refractivity contribution in [3.8, 4) is 0 Å². The van der Waals surface area contributed by atoms with Crippen LogP contribution in [-0.2, 0) is 4.79 Å². The predicted octanol–water partition coefficient (Wildman–Crippen LogP) is 2.28. The van der Waals surface area contributed by atoms with Gasteiger partial charge in [0.1, 0.15) is 12.2 Å². The van der Waals surface area contributed by atoms with Crippen LogP contribution in [-0.4, -0.2) is 59.0 Å². The summed E-state index contributed by atoms with van der Waals surface area (Å²) in [7, 11) is 0. The van der Waals surface area contributed by atoms with Crippen LogP contribution in [0.2, 0.25) is 0 Å². The maximum Gasteiger partial charge on any atom is 0.406 e. The van der Waals surface area contributed by atoms with E-state index < -0.39 is 24.5 Å². The average Bonchev–Trinajstić information content (AvgIpc) is 3.05. The van der Waals surface area contributed by atoms with Crippen molar-refractivity contribution in [1.82, 2.24) is 14.8 Å². The van der Waals surface area contributed by atoms with Gasteiger partial charge in [-0.3, -0.25) is 9.59 Å². The number of aromatic nitrogens is 1. The Morgan fingerprint density at radius 3 is 2.74 bits per heavy atom. The lowest BCUT2D eigenvalue weighted by Gasteiger charge is -2.34. The van der Waals surface area contributed by atoms with E-state index >= 15 is 0 Å². The molecule has 1 aromatic heterocycles. The van der Waals surface area contributed by atoms with Crippen LogP contribution in [0.3, 0.4) is 0 Å². The van der Waals surface area contributed by atoms with Crippen LogP contribution in [0.25, 0.3) is 0 Å². The van der Waals surface area contributed by atoms with Crippen LogP contribution in [0.5, 0.6) is 0 Å². The molecule has 8 heteroatoms. The van der Waals surface area contributed by atoms with Crippen LogP contribution in [0.1, 0.15) is 30.3 Å². The molecule has 2 amide bonds. The number of amides is 2. The number of likely N-dealkylation sites (tertiary alicyclic amines) is 1. The summed E-state index contributed by atoms with van der Waals surface area (Å²) in [6.07, 6.45) is -1.68. The van der Waals surface area contributed by atoms with Gasteiger partial charge in [0, 0.05) is 25.8 Å². The first-order valence-corrected chi connectivity index (χ1v) is 7.60. The second kappa shape index (κ2) is 7.06. The van der Waals surface area contributed by atoms with Crippen molar-refractivity contribution in [3.63, 3.8) is 0 Å². The SMILES string of the molecule is CCN(CC(F)(F)F)C(=O)[C@@H]1CCCN(C(=O)c2ccc[nH]2)C1. The fraction of sp³-hybridized carbons (Fsp3) is 0.600. The smallest absolute Gasteiger partial charge is 0.357 e. The number of alkyl halides is 3. The summed E-state index contributed by atoms with van der Waals surface area (Å²) in [4.78, 5) is 29.8. The highest BCUT2D eigenvalue weighted by Crippen LogP contribution is 2.23. The zero-order valence-electron chi connectivity index (χ0n) is 12.9. The predicted molar refractivity (Wildman–Crippen MR) is 77.7 cm³/mol. The summed E-state index contributed by atoms with van der Waals surface area (Å²) >= 11 is 0. The molecule has 0 aliphatic carbocycles.